The number of fused-ring (bicyclic) bond motifs is 6. The molecule has 0 bridgehead atoms. The largest absolute Gasteiger partial charge is 0.456 e. The molecule has 4 heteroatoms. The Kier molecular flexibility index (Phi) is 8.66. The van der Waals surface area contributed by atoms with Crippen LogP contribution in [0.5, 0.6) is 0 Å². The first-order chi connectivity index (χ1) is 27.7. The highest BCUT2D eigenvalue weighted by molar-refractivity contribution is 6.13. The minimum atomic E-state index is -0.225. The van der Waals surface area contributed by atoms with Gasteiger partial charge in [0.1, 0.15) is 11.2 Å². The van der Waals surface area contributed by atoms with Crippen LogP contribution in [0, 0.1) is 0 Å². The maximum absolute atomic E-state index is 6.86. The zero-order chi connectivity index (χ0) is 37.4. The number of hydrogen-bond acceptors (Lipinski definition) is 3. The molecule has 3 N–H and O–H groups in total. The van der Waals surface area contributed by atoms with E-state index in [4.69, 9.17) is 10.2 Å². The summed E-state index contributed by atoms with van der Waals surface area (Å²) in [7, 11) is 0. The third kappa shape index (κ3) is 6.11. The third-order valence-corrected chi connectivity index (χ3v) is 11.2. The first kappa shape index (κ1) is 33.7. The van der Waals surface area contributed by atoms with Crippen LogP contribution >= 0.6 is 0 Å². The summed E-state index contributed by atoms with van der Waals surface area (Å²) in [6.07, 6.45) is 8.79. The number of allylic oxidation sites excluding steroid dienone is 1. The monoisotopic (exact) mass is 723 g/mol. The van der Waals surface area contributed by atoms with E-state index in [0.29, 0.717) is 12.2 Å². The van der Waals surface area contributed by atoms with E-state index in [1.807, 2.05) is 18.2 Å². The molecule has 10 rings (SSSR count). The average Bonchev–Trinajstić information content (AvgIpc) is 3.82. The predicted molar refractivity (Wildman–Crippen MR) is 233 cm³/mol. The van der Waals surface area contributed by atoms with Crippen LogP contribution in [0.4, 0.5) is 0 Å². The highest BCUT2D eigenvalue weighted by Gasteiger charge is 2.22. The number of nitrogens with one attached hydrogen (secondary N) is 1. The fraction of sp³-hybridized carbons (Fsp3) is 0.0769. The highest BCUT2D eigenvalue weighted by atomic mass is 16.3. The van der Waals surface area contributed by atoms with Gasteiger partial charge in [0, 0.05) is 45.3 Å². The average molecular weight is 724 g/mol. The van der Waals surface area contributed by atoms with Gasteiger partial charge in [-0.25, -0.2) is 0 Å². The van der Waals surface area contributed by atoms with E-state index in [2.05, 4.69) is 180 Å². The number of nitrogens with zero attached hydrogens (tertiary/aromatic N) is 1. The number of hydrogen-bond donors (Lipinski definition) is 2. The van der Waals surface area contributed by atoms with Gasteiger partial charge in [-0.05, 0) is 100 Å². The molecule has 2 aromatic heterocycles. The Morgan fingerprint density at radius 3 is 2.29 bits per heavy atom. The van der Waals surface area contributed by atoms with Gasteiger partial charge in [0.25, 0.3) is 0 Å². The zero-order valence-corrected chi connectivity index (χ0v) is 31.0. The van der Waals surface area contributed by atoms with Gasteiger partial charge in [0.05, 0.1) is 11.6 Å². The minimum absolute atomic E-state index is 0.225. The van der Waals surface area contributed by atoms with E-state index >= 15 is 0 Å². The number of rotatable bonds is 9. The highest BCUT2D eigenvalue weighted by Crippen LogP contribution is 2.42. The van der Waals surface area contributed by atoms with Crippen LogP contribution in [-0.2, 0) is 13.0 Å². The Labute approximate surface area is 326 Å². The first-order valence-corrected chi connectivity index (χ1v) is 19.4. The molecule has 0 amide bonds. The molecular weight excluding hydrogens is 683 g/mol. The maximum atomic E-state index is 6.86. The summed E-state index contributed by atoms with van der Waals surface area (Å²) in [6.45, 7) is 0.647. The van der Waals surface area contributed by atoms with Crippen molar-refractivity contribution in [2.75, 3.05) is 0 Å². The summed E-state index contributed by atoms with van der Waals surface area (Å²) in [5, 5.41) is 7.37. The molecule has 2 heterocycles. The molecule has 7 aromatic carbocycles. The van der Waals surface area contributed by atoms with E-state index < -0.39 is 0 Å². The van der Waals surface area contributed by atoms with E-state index in [1.165, 1.54) is 50.1 Å². The summed E-state index contributed by atoms with van der Waals surface area (Å²) >= 11 is 0. The van der Waals surface area contributed by atoms with Crippen LogP contribution in [0.1, 0.15) is 40.4 Å². The van der Waals surface area contributed by atoms with Crippen molar-refractivity contribution in [2.45, 2.75) is 25.4 Å². The molecule has 1 atom stereocenters. The van der Waals surface area contributed by atoms with Gasteiger partial charge in [-0.15, -0.1) is 0 Å². The van der Waals surface area contributed by atoms with Gasteiger partial charge in [-0.1, -0.05) is 140 Å². The number of para-hydroxylation sites is 2. The van der Waals surface area contributed by atoms with Crippen molar-refractivity contribution in [1.29, 1.82) is 0 Å². The standard InChI is InChI=1S/C52H41N3O/c53-46(37-18-6-2-7-19-37)33-47(54-34-35-15-12-20-38(31-35)36-16-4-1-5-17-36)43-25-13-26-44-51-41(24-14-28-50(51)56-52(43)44)39-29-30-49-45(32-39)42-23-10-11-27-48(42)55(49)40-21-8-3-9-22-40/h1-9,11-22,24-33,47,54H,10,23,34,53H2/b46-33-. The van der Waals surface area contributed by atoms with E-state index in [9.17, 15) is 0 Å². The fourth-order valence-electron chi connectivity index (χ4n) is 8.50. The Morgan fingerprint density at radius 1 is 0.696 bits per heavy atom. The molecule has 270 valence electrons. The lowest BCUT2D eigenvalue weighted by Crippen LogP contribution is -2.20. The molecule has 0 saturated carbocycles. The summed E-state index contributed by atoms with van der Waals surface area (Å²) in [6, 6.07) is 59.8. The lowest BCUT2D eigenvalue weighted by molar-refractivity contribution is 0.603. The van der Waals surface area contributed by atoms with Crippen molar-refractivity contribution < 1.29 is 4.42 Å². The van der Waals surface area contributed by atoms with E-state index in [-0.39, 0.29) is 6.04 Å². The second kappa shape index (κ2) is 14.4. The van der Waals surface area contributed by atoms with Crippen molar-refractivity contribution in [3.05, 3.63) is 210 Å². The molecule has 0 saturated heterocycles. The molecule has 0 radical (unpaired) electrons. The second-order valence-corrected chi connectivity index (χ2v) is 14.6. The molecule has 0 spiro atoms. The van der Waals surface area contributed by atoms with E-state index in [1.54, 1.807) is 0 Å². The Morgan fingerprint density at radius 2 is 1.45 bits per heavy atom. The van der Waals surface area contributed by atoms with Crippen molar-refractivity contribution >= 4 is 44.6 Å². The number of aryl methyl sites for hydroxylation is 1. The lowest BCUT2D eigenvalue weighted by atomic mass is 9.94. The topological polar surface area (TPSA) is 56.1 Å². The predicted octanol–water partition coefficient (Wildman–Crippen LogP) is 12.7. The summed E-state index contributed by atoms with van der Waals surface area (Å²) < 4.78 is 9.27. The molecule has 0 fully saturated rings. The number of nitrogens with two attached hydrogens (primary N) is 1. The molecule has 1 unspecified atom stereocenters. The normalized spacial score (nSPS) is 13.4. The van der Waals surface area contributed by atoms with Gasteiger partial charge in [-0.3, -0.25) is 0 Å². The second-order valence-electron chi connectivity index (χ2n) is 14.6. The van der Waals surface area contributed by atoms with Gasteiger partial charge in [-0.2, -0.15) is 0 Å². The molecular formula is C52H41N3O. The summed E-state index contributed by atoms with van der Waals surface area (Å²) in [5.74, 6) is 0. The van der Waals surface area contributed by atoms with Crippen LogP contribution in [0.3, 0.4) is 0 Å². The van der Waals surface area contributed by atoms with Crippen LogP contribution in [-0.4, -0.2) is 4.57 Å². The molecule has 0 aliphatic heterocycles. The molecule has 9 aromatic rings. The SMILES string of the molecule is N/C(=C\C(NCc1cccc(-c2ccccc2)c1)c1cccc2c1oc1cccc(-c3ccc4c(c3)c3c(n4-c4ccccc4)C=CCC3)c12)c1ccccc1. The van der Waals surface area contributed by atoms with Gasteiger partial charge < -0.3 is 20.0 Å². The Balaban J connectivity index is 1.08. The molecule has 1 aliphatic rings. The van der Waals surface area contributed by atoms with Crippen molar-refractivity contribution in [1.82, 2.24) is 9.88 Å². The number of benzene rings is 7. The zero-order valence-electron chi connectivity index (χ0n) is 31.0. The van der Waals surface area contributed by atoms with Crippen molar-refractivity contribution in [3.63, 3.8) is 0 Å². The summed E-state index contributed by atoms with van der Waals surface area (Å²) in [5.41, 5.74) is 22.3. The van der Waals surface area contributed by atoms with Gasteiger partial charge in [0.2, 0.25) is 0 Å². The number of furan rings is 1. The quantitative estimate of drug-likeness (QED) is 0.156. The Hall–Kier alpha value is -6.88. The smallest absolute Gasteiger partial charge is 0.140 e. The maximum Gasteiger partial charge on any atom is 0.140 e. The molecule has 56 heavy (non-hydrogen) atoms. The first-order valence-electron chi connectivity index (χ1n) is 19.4. The van der Waals surface area contributed by atoms with Crippen LogP contribution in [0.25, 0.3) is 72.6 Å². The van der Waals surface area contributed by atoms with Crippen LogP contribution in [0.2, 0.25) is 0 Å². The number of aromatic nitrogens is 1. The van der Waals surface area contributed by atoms with Crippen LogP contribution in [0.15, 0.2) is 186 Å². The fourth-order valence-corrected chi connectivity index (χ4v) is 8.50. The van der Waals surface area contributed by atoms with Gasteiger partial charge >= 0.3 is 0 Å². The Bertz CT molecular complexity index is 2920. The lowest BCUT2D eigenvalue weighted by Gasteiger charge is -2.18. The molecule has 1 aliphatic carbocycles. The minimum Gasteiger partial charge on any atom is -0.456 e. The van der Waals surface area contributed by atoms with Crippen molar-refractivity contribution in [3.8, 4) is 27.9 Å². The summed E-state index contributed by atoms with van der Waals surface area (Å²) in [4.78, 5) is 0. The third-order valence-electron chi connectivity index (χ3n) is 11.2. The van der Waals surface area contributed by atoms with Gasteiger partial charge in [0.15, 0.2) is 0 Å². The van der Waals surface area contributed by atoms with Crippen LogP contribution < -0.4 is 11.1 Å². The van der Waals surface area contributed by atoms with Crippen molar-refractivity contribution in [2.24, 2.45) is 5.73 Å². The molecule has 4 nitrogen and oxygen atoms in total. The van der Waals surface area contributed by atoms with E-state index in [0.717, 1.165) is 51.5 Å².